The van der Waals surface area contributed by atoms with Gasteiger partial charge in [0, 0.05) is 17.8 Å². The van der Waals surface area contributed by atoms with E-state index in [4.69, 9.17) is 17.3 Å². The van der Waals surface area contributed by atoms with Crippen LogP contribution in [-0.4, -0.2) is 18.7 Å². The first-order valence-corrected chi connectivity index (χ1v) is 12.0. The Bertz CT molecular complexity index is 1390. The molecule has 0 amide bonds. The SMILES string of the molecule is Nc1ncnc2c1c(-c1ccc(NS(=O)c3ccc(F)c(Cl)c3)c(F)c1)cn2C1CCCC1. The molecule has 0 bridgehead atoms. The van der Waals surface area contributed by atoms with Gasteiger partial charge in [-0.15, -0.1) is 0 Å². The molecule has 0 radical (unpaired) electrons. The van der Waals surface area contributed by atoms with Crippen LogP contribution in [0.5, 0.6) is 0 Å². The van der Waals surface area contributed by atoms with Crippen molar-refractivity contribution in [2.45, 2.75) is 36.6 Å². The summed E-state index contributed by atoms with van der Waals surface area (Å²) in [6.07, 6.45) is 7.84. The fraction of sp³-hybridized carbons (Fsp3) is 0.217. The van der Waals surface area contributed by atoms with Crippen LogP contribution < -0.4 is 10.5 Å². The number of nitrogens with two attached hydrogens (primary N) is 1. The molecule has 1 aliphatic rings. The van der Waals surface area contributed by atoms with Gasteiger partial charge in [-0.3, -0.25) is 4.72 Å². The third-order valence-corrected chi connectivity index (χ3v) is 7.32. The van der Waals surface area contributed by atoms with Gasteiger partial charge < -0.3 is 10.3 Å². The normalized spacial score (nSPS) is 15.2. The summed E-state index contributed by atoms with van der Waals surface area (Å²) >= 11 is 5.76. The molecule has 0 saturated heterocycles. The number of fused-ring (bicyclic) bond motifs is 1. The minimum absolute atomic E-state index is 0.0429. The van der Waals surface area contributed by atoms with E-state index < -0.39 is 22.6 Å². The minimum atomic E-state index is -1.82. The molecule has 1 unspecified atom stereocenters. The number of aromatic nitrogens is 3. The molecule has 1 fully saturated rings. The maximum Gasteiger partial charge on any atom is 0.150 e. The van der Waals surface area contributed by atoms with Crippen molar-refractivity contribution in [3.63, 3.8) is 0 Å². The Kier molecular flexibility index (Phi) is 5.76. The van der Waals surface area contributed by atoms with Gasteiger partial charge in [0.25, 0.3) is 0 Å². The number of hydrogen-bond acceptors (Lipinski definition) is 4. The zero-order chi connectivity index (χ0) is 23.1. The molecule has 2 aromatic heterocycles. The predicted molar refractivity (Wildman–Crippen MR) is 126 cm³/mol. The molecule has 4 aromatic rings. The molecule has 2 heterocycles. The summed E-state index contributed by atoms with van der Waals surface area (Å²) in [6.45, 7) is 0. The molecule has 3 N–H and O–H groups in total. The lowest BCUT2D eigenvalue weighted by Crippen LogP contribution is -2.06. The van der Waals surface area contributed by atoms with E-state index >= 15 is 4.39 Å². The van der Waals surface area contributed by atoms with Crippen LogP contribution in [0.2, 0.25) is 5.02 Å². The second-order valence-corrected chi connectivity index (χ2v) is 9.61. The van der Waals surface area contributed by atoms with Crippen molar-refractivity contribution in [3.8, 4) is 11.1 Å². The Morgan fingerprint density at radius 2 is 1.88 bits per heavy atom. The van der Waals surface area contributed by atoms with E-state index in [-0.39, 0.29) is 15.6 Å². The van der Waals surface area contributed by atoms with Crippen LogP contribution in [-0.2, 0) is 11.0 Å². The van der Waals surface area contributed by atoms with Crippen molar-refractivity contribution in [3.05, 3.63) is 65.6 Å². The van der Waals surface area contributed by atoms with Gasteiger partial charge in [-0.25, -0.2) is 23.0 Å². The molecule has 10 heteroatoms. The van der Waals surface area contributed by atoms with E-state index in [9.17, 15) is 8.60 Å². The molecule has 1 atom stereocenters. The summed E-state index contributed by atoms with van der Waals surface area (Å²) in [5.41, 5.74) is 8.31. The Hall–Kier alpha value is -3.04. The van der Waals surface area contributed by atoms with Gasteiger partial charge in [0.1, 0.15) is 40.4 Å². The minimum Gasteiger partial charge on any atom is -0.383 e. The molecular weight excluding hydrogens is 468 g/mol. The van der Waals surface area contributed by atoms with Crippen molar-refractivity contribution in [2.24, 2.45) is 0 Å². The monoisotopic (exact) mass is 487 g/mol. The lowest BCUT2D eigenvalue weighted by atomic mass is 10.1. The third kappa shape index (κ3) is 4.06. The number of nitrogens with zero attached hydrogens (tertiary/aromatic N) is 3. The highest BCUT2D eigenvalue weighted by atomic mass is 35.5. The fourth-order valence-corrected chi connectivity index (χ4v) is 5.45. The van der Waals surface area contributed by atoms with Gasteiger partial charge in [-0.1, -0.05) is 30.5 Å². The predicted octanol–water partition coefficient (Wildman–Crippen LogP) is 5.86. The number of hydrogen-bond donors (Lipinski definition) is 2. The molecule has 0 aliphatic heterocycles. The second kappa shape index (κ2) is 8.72. The van der Waals surface area contributed by atoms with Gasteiger partial charge in [0.2, 0.25) is 0 Å². The molecule has 6 nitrogen and oxygen atoms in total. The van der Waals surface area contributed by atoms with Crippen LogP contribution in [0.25, 0.3) is 22.2 Å². The highest BCUT2D eigenvalue weighted by Crippen LogP contribution is 2.39. The summed E-state index contributed by atoms with van der Waals surface area (Å²) in [4.78, 5) is 8.81. The first kappa shape index (κ1) is 21.8. The summed E-state index contributed by atoms with van der Waals surface area (Å²) in [6, 6.07) is 8.60. The number of anilines is 2. The van der Waals surface area contributed by atoms with E-state index in [0.717, 1.165) is 43.0 Å². The molecule has 33 heavy (non-hydrogen) atoms. The van der Waals surface area contributed by atoms with Crippen molar-refractivity contribution in [2.75, 3.05) is 10.5 Å². The standard InChI is InChI=1S/C23H20ClF2N5OS/c24-17-10-15(6-7-18(17)25)33(32)30-20-8-5-13(9-19(20)26)16-11-31(14-3-1-2-4-14)23-21(16)22(27)28-12-29-23/h5-12,14,30H,1-4H2,(H2,27,28,29). The van der Waals surface area contributed by atoms with Crippen molar-refractivity contribution >= 4 is 45.1 Å². The molecule has 5 rings (SSSR count). The Morgan fingerprint density at radius 1 is 1.09 bits per heavy atom. The highest BCUT2D eigenvalue weighted by molar-refractivity contribution is 7.86. The van der Waals surface area contributed by atoms with Crippen LogP contribution in [0.1, 0.15) is 31.7 Å². The van der Waals surface area contributed by atoms with Crippen molar-refractivity contribution in [1.82, 2.24) is 14.5 Å². The van der Waals surface area contributed by atoms with Gasteiger partial charge in [0.05, 0.1) is 21.0 Å². The van der Waals surface area contributed by atoms with Gasteiger partial charge >= 0.3 is 0 Å². The maximum atomic E-state index is 15.0. The summed E-state index contributed by atoms with van der Waals surface area (Å²) in [5, 5.41) is 0.533. The first-order valence-electron chi connectivity index (χ1n) is 10.5. The van der Waals surface area contributed by atoms with Gasteiger partial charge in [0.15, 0.2) is 0 Å². The Labute approximate surface area is 196 Å². The van der Waals surface area contributed by atoms with E-state index in [2.05, 4.69) is 19.3 Å². The fourth-order valence-electron chi connectivity index (χ4n) is 4.30. The largest absolute Gasteiger partial charge is 0.383 e. The van der Waals surface area contributed by atoms with Crippen LogP contribution in [0.15, 0.2) is 53.8 Å². The van der Waals surface area contributed by atoms with Crippen LogP contribution >= 0.6 is 11.6 Å². The van der Waals surface area contributed by atoms with E-state index in [1.54, 1.807) is 6.07 Å². The van der Waals surface area contributed by atoms with Gasteiger partial charge in [-0.2, -0.15) is 0 Å². The number of nitrogens with one attached hydrogen (secondary N) is 1. The van der Waals surface area contributed by atoms with E-state index in [0.29, 0.717) is 22.8 Å². The average molecular weight is 488 g/mol. The zero-order valence-corrected chi connectivity index (χ0v) is 19.0. The van der Waals surface area contributed by atoms with Crippen LogP contribution in [0.3, 0.4) is 0 Å². The molecule has 170 valence electrons. The highest BCUT2D eigenvalue weighted by Gasteiger charge is 2.23. The first-order chi connectivity index (χ1) is 15.9. The van der Waals surface area contributed by atoms with Crippen LogP contribution in [0, 0.1) is 11.6 Å². The number of halogens is 3. The lowest BCUT2D eigenvalue weighted by molar-refractivity contribution is 0.532. The lowest BCUT2D eigenvalue weighted by Gasteiger charge is -2.12. The van der Waals surface area contributed by atoms with E-state index in [1.165, 1.54) is 30.6 Å². The molecule has 1 saturated carbocycles. The second-order valence-electron chi connectivity index (χ2n) is 7.99. The average Bonchev–Trinajstić information content (AvgIpc) is 3.45. The number of nitrogen functional groups attached to an aromatic ring is 1. The summed E-state index contributed by atoms with van der Waals surface area (Å²) in [5.74, 6) is -0.872. The number of rotatable bonds is 5. The zero-order valence-electron chi connectivity index (χ0n) is 17.4. The van der Waals surface area contributed by atoms with Gasteiger partial charge in [-0.05, 0) is 48.7 Å². The summed E-state index contributed by atoms with van der Waals surface area (Å²) < 4.78 is 45.7. The quantitative estimate of drug-likeness (QED) is 0.369. The van der Waals surface area contributed by atoms with Crippen molar-refractivity contribution < 1.29 is 13.0 Å². The molecular formula is C23H20ClF2N5OS. The van der Waals surface area contributed by atoms with Crippen molar-refractivity contribution in [1.29, 1.82) is 0 Å². The summed E-state index contributed by atoms with van der Waals surface area (Å²) in [7, 11) is -1.82. The Morgan fingerprint density at radius 3 is 2.61 bits per heavy atom. The molecule has 0 spiro atoms. The Balaban J connectivity index is 1.49. The molecule has 1 aliphatic carbocycles. The molecule has 2 aromatic carbocycles. The van der Waals surface area contributed by atoms with Crippen LogP contribution in [0.4, 0.5) is 20.3 Å². The topological polar surface area (TPSA) is 85.8 Å². The smallest absolute Gasteiger partial charge is 0.150 e. The maximum absolute atomic E-state index is 15.0. The third-order valence-electron chi connectivity index (χ3n) is 5.94. The number of benzene rings is 2. The van der Waals surface area contributed by atoms with E-state index in [1.807, 2.05) is 6.20 Å².